The van der Waals surface area contributed by atoms with Gasteiger partial charge >= 0.3 is 0 Å². The molecule has 0 unspecified atom stereocenters. The molecule has 3 heterocycles. The van der Waals surface area contributed by atoms with E-state index in [1.807, 2.05) is 47.5 Å². The van der Waals surface area contributed by atoms with E-state index < -0.39 is 0 Å². The summed E-state index contributed by atoms with van der Waals surface area (Å²) >= 11 is 0. The molecule has 0 amide bonds. The molecule has 158 valence electrons. The summed E-state index contributed by atoms with van der Waals surface area (Å²) in [4.78, 5) is 9.07. The molecular weight excluding hydrogens is 397 g/mol. The topological polar surface area (TPSA) is 67.0 Å². The molecule has 0 radical (unpaired) electrons. The van der Waals surface area contributed by atoms with Gasteiger partial charge in [0.05, 0.1) is 38.0 Å². The summed E-state index contributed by atoms with van der Waals surface area (Å²) < 4.78 is 29.0. The fourth-order valence-electron chi connectivity index (χ4n) is 3.91. The van der Waals surface area contributed by atoms with Crippen molar-refractivity contribution in [1.29, 1.82) is 0 Å². The minimum atomic E-state index is -0.384. The normalized spacial score (nSPS) is 15.7. The van der Waals surface area contributed by atoms with Crippen molar-refractivity contribution in [2.24, 2.45) is 0 Å². The molecule has 4 aromatic rings. The Labute approximate surface area is 179 Å². The number of aryl methyl sites for hydroxylation is 2. The molecule has 1 atom stereocenters. The summed E-state index contributed by atoms with van der Waals surface area (Å²) in [7, 11) is 1.64. The van der Waals surface area contributed by atoms with Gasteiger partial charge in [-0.05, 0) is 55.3 Å². The Morgan fingerprint density at radius 1 is 1.16 bits per heavy atom. The number of methoxy groups -OCH3 is 1. The number of rotatable bonds is 4. The zero-order chi connectivity index (χ0) is 21.5. The van der Waals surface area contributed by atoms with Crippen LogP contribution in [-0.2, 0) is 11.3 Å². The number of halogens is 1. The SMILES string of the molecule is COc1cc(-c2nc3n(n2)CCO[C@@H]3c2ccc(F)cc2C)ccc1-n1cnc(C)c1. The van der Waals surface area contributed by atoms with E-state index in [0.29, 0.717) is 30.5 Å². The molecule has 2 aromatic heterocycles. The molecule has 5 rings (SSSR count). The first kappa shape index (κ1) is 19.4. The third-order valence-corrected chi connectivity index (χ3v) is 5.46. The predicted octanol–water partition coefficient (Wildman–Crippen LogP) is 4.01. The lowest BCUT2D eigenvalue weighted by Gasteiger charge is -2.24. The molecule has 1 aliphatic heterocycles. The summed E-state index contributed by atoms with van der Waals surface area (Å²) in [6.45, 7) is 4.94. The maximum atomic E-state index is 13.6. The van der Waals surface area contributed by atoms with E-state index in [1.54, 1.807) is 19.5 Å². The number of aromatic nitrogens is 5. The van der Waals surface area contributed by atoms with Gasteiger partial charge in [0.1, 0.15) is 17.7 Å². The van der Waals surface area contributed by atoms with Crippen molar-refractivity contribution >= 4 is 0 Å². The van der Waals surface area contributed by atoms with Crippen molar-refractivity contribution < 1.29 is 13.9 Å². The van der Waals surface area contributed by atoms with Crippen LogP contribution in [-0.4, -0.2) is 38.0 Å². The van der Waals surface area contributed by atoms with Gasteiger partial charge in [0.15, 0.2) is 11.6 Å². The van der Waals surface area contributed by atoms with Crippen molar-refractivity contribution in [3.63, 3.8) is 0 Å². The van der Waals surface area contributed by atoms with Crippen LogP contribution < -0.4 is 4.74 Å². The summed E-state index contributed by atoms with van der Waals surface area (Å²) in [5.41, 5.74) is 4.37. The number of nitrogens with zero attached hydrogens (tertiary/aromatic N) is 5. The van der Waals surface area contributed by atoms with Crippen molar-refractivity contribution in [3.05, 3.63) is 77.4 Å². The lowest BCUT2D eigenvalue weighted by Crippen LogP contribution is -2.24. The van der Waals surface area contributed by atoms with Gasteiger partial charge < -0.3 is 14.0 Å². The molecule has 0 saturated carbocycles. The Bertz CT molecular complexity index is 1260. The van der Waals surface area contributed by atoms with Crippen LogP contribution in [0.25, 0.3) is 17.1 Å². The molecular formula is C23H22FN5O2. The van der Waals surface area contributed by atoms with Crippen molar-refractivity contribution in [3.8, 4) is 22.8 Å². The zero-order valence-corrected chi connectivity index (χ0v) is 17.5. The first-order chi connectivity index (χ1) is 15.0. The Morgan fingerprint density at radius 2 is 2.03 bits per heavy atom. The fourth-order valence-corrected chi connectivity index (χ4v) is 3.91. The van der Waals surface area contributed by atoms with Gasteiger partial charge in [-0.1, -0.05) is 6.07 Å². The Kier molecular flexibility index (Phi) is 4.78. The van der Waals surface area contributed by atoms with Crippen LogP contribution in [0.1, 0.15) is 28.7 Å². The minimum absolute atomic E-state index is 0.264. The van der Waals surface area contributed by atoms with Crippen LogP contribution in [0.4, 0.5) is 4.39 Å². The third-order valence-electron chi connectivity index (χ3n) is 5.46. The maximum Gasteiger partial charge on any atom is 0.181 e. The van der Waals surface area contributed by atoms with E-state index in [9.17, 15) is 4.39 Å². The second-order valence-electron chi connectivity index (χ2n) is 7.58. The Morgan fingerprint density at radius 3 is 2.77 bits per heavy atom. The monoisotopic (exact) mass is 419 g/mol. The summed E-state index contributed by atoms with van der Waals surface area (Å²) in [5, 5.41) is 4.70. The first-order valence-electron chi connectivity index (χ1n) is 10.1. The minimum Gasteiger partial charge on any atom is -0.495 e. The number of fused-ring (bicyclic) bond motifs is 1. The van der Waals surface area contributed by atoms with Gasteiger partial charge in [0.25, 0.3) is 0 Å². The standard InChI is InChI=1S/C23H22FN5O2/c1-14-10-17(24)5-6-18(14)21-23-26-22(27-29(23)8-9-31-21)16-4-7-19(20(11-16)30-3)28-12-15(2)25-13-28/h4-7,10-13,21H,8-9H2,1-3H3/t21-/m1/s1. The van der Waals surface area contributed by atoms with E-state index in [1.165, 1.54) is 12.1 Å². The number of hydrogen-bond acceptors (Lipinski definition) is 5. The highest BCUT2D eigenvalue weighted by molar-refractivity contribution is 5.63. The zero-order valence-electron chi connectivity index (χ0n) is 17.5. The Balaban J connectivity index is 1.53. The molecule has 0 fully saturated rings. The van der Waals surface area contributed by atoms with Gasteiger partial charge in [-0.25, -0.2) is 19.0 Å². The van der Waals surface area contributed by atoms with Crippen LogP contribution in [0.2, 0.25) is 0 Å². The Hall–Kier alpha value is -3.52. The predicted molar refractivity (Wildman–Crippen MR) is 113 cm³/mol. The van der Waals surface area contributed by atoms with Crippen LogP contribution in [0.5, 0.6) is 5.75 Å². The second kappa shape index (κ2) is 7.63. The van der Waals surface area contributed by atoms with E-state index in [0.717, 1.165) is 28.1 Å². The van der Waals surface area contributed by atoms with Crippen molar-refractivity contribution in [2.45, 2.75) is 26.5 Å². The molecule has 0 aliphatic carbocycles. The highest BCUT2D eigenvalue weighted by Crippen LogP contribution is 2.33. The van der Waals surface area contributed by atoms with Gasteiger partial charge in [0.2, 0.25) is 0 Å². The van der Waals surface area contributed by atoms with Gasteiger partial charge in [0, 0.05) is 11.8 Å². The smallest absolute Gasteiger partial charge is 0.181 e. The maximum absolute atomic E-state index is 13.6. The highest BCUT2D eigenvalue weighted by Gasteiger charge is 2.28. The second-order valence-corrected chi connectivity index (χ2v) is 7.58. The lowest BCUT2D eigenvalue weighted by molar-refractivity contribution is 0.0386. The summed E-state index contributed by atoms with van der Waals surface area (Å²) in [5.74, 6) is 1.74. The number of imidazole rings is 1. The molecule has 31 heavy (non-hydrogen) atoms. The number of benzene rings is 2. The molecule has 0 bridgehead atoms. The molecule has 0 spiro atoms. The van der Waals surface area contributed by atoms with Crippen LogP contribution >= 0.6 is 0 Å². The average molecular weight is 419 g/mol. The molecule has 7 nitrogen and oxygen atoms in total. The number of ether oxygens (including phenoxy) is 2. The molecule has 1 aliphatic rings. The quantitative estimate of drug-likeness (QED) is 0.500. The van der Waals surface area contributed by atoms with Crippen LogP contribution in [0.3, 0.4) is 0 Å². The highest BCUT2D eigenvalue weighted by atomic mass is 19.1. The van der Waals surface area contributed by atoms with Gasteiger partial charge in [-0.2, -0.15) is 5.10 Å². The van der Waals surface area contributed by atoms with Crippen molar-refractivity contribution in [1.82, 2.24) is 24.3 Å². The van der Waals surface area contributed by atoms with Crippen molar-refractivity contribution in [2.75, 3.05) is 13.7 Å². The molecule has 0 N–H and O–H groups in total. The summed E-state index contributed by atoms with van der Waals surface area (Å²) in [6, 6.07) is 10.6. The molecule has 0 saturated heterocycles. The van der Waals surface area contributed by atoms with Gasteiger partial charge in [-0.3, -0.25) is 0 Å². The largest absolute Gasteiger partial charge is 0.495 e. The van der Waals surface area contributed by atoms with Crippen LogP contribution in [0.15, 0.2) is 48.9 Å². The van der Waals surface area contributed by atoms with Crippen LogP contribution in [0, 0.1) is 19.7 Å². The van der Waals surface area contributed by atoms with E-state index in [4.69, 9.17) is 19.6 Å². The third kappa shape index (κ3) is 3.48. The lowest BCUT2D eigenvalue weighted by atomic mass is 10.0. The van der Waals surface area contributed by atoms with E-state index in [-0.39, 0.29) is 11.9 Å². The fraction of sp³-hybridized carbons (Fsp3) is 0.261. The van der Waals surface area contributed by atoms with E-state index >= 15 is 0 Å². The molecule has 2 aromatic carbocycles. The number of hydrogen-bond donors (Lipinski definition) is 0. The molecule has 8 heteroatoms. The average Bonchev–Trinajstić information content (AvgIpc) is 3.39. The first-order valence-corrected chi connectivity index (χ1v) is 10.1. The van der Waals surface area contributed by atoms with E-state index in [2.05, 4.69) is 4.98 Å². The van der Waals surface area contributed by atoms with Gasteiger partial charge in [-0.15, -0.1) is 0 Å². The summed E-state index contributed by atoms with van der Waals surface area (Å²) in [6.07, 6.45) is 3.32.